The van der Waals surface area contributed by atoms with Gasteiger partial charge in [-0.3, -0.25) is 23.9 Å². The molecule has 0 spiro atoms. The highest BCUT2D eigenvalue weighted by Gasteiger charge is 2.22. The number of para-hydroxylation sites is 1. The fourth-order valence-electron chi connectivity index (χ4n) is 3.75. The van der Waals surface area contributed by atoms with E-state index in [2.05, 4.69) is 26.2 Å². The minimum atomic E-state index is -0.154. The van der Waals surface area contributed by atoms with Crippen LogP contribution in [0.5, 0.6) is 0 Å². The van der Waals surface area contributed by atoms with Crippen LogP contribution in [-0.4, -0.2) is 63.9 Å². The van der Waals surface area contributed by atoms with Crippen molar-refractivity contribution in [3.63, 3.8) is 0 Å². The van der Waals surface area contributed by atoms with Crippen LogP contribution in [0, 0.1) is 0 Å². The molecule has 166 valence electrons. The van der Waals surface area contributed by atoms with Gasteiger partial charge in [0.2, 0.25) is 11.8 Å². The third-order valence-corrected chi connectivity index (χ3v) is 6.00. The largest absolute Gasteiger partial charge is 0.340 e. The van der Waals surface area contributed by atoms with Gasteiger partial charge in [0.1, 0.15) is 0 Å². The van der Waals surface area contributed by atoms with Crippen molar-refractivity contribution in [3.8, 4) is 0 Å². The molecule has 4 rings (SSSR count). The highest BCUT2D eigenvalue weighted by atomic mass is 79.9. The molecule has 0 unspecified atom stereocenters. The van der Waals surface area contributed by atoms with Crippen molar-refractivity contribution in [2.45, 2.75) is 13.0 Å². The summed E-state index contributed by atoms with van der Waals surface area (Å²) >= 11 is 3.38. The fourth-order valence-corrected chi connectivity index (χ4v) is 4.11. The quantitative estimate of drug-likeness (QED) is 0.564. The Hall–Kier alpha value is -3.04. The number of hydrogen-bond donors (Lipinski definition) is 1. The van der Waals surface area contributed by atoms with Crippen molar-refractivity contribution >= 4 is 44.3 Å². The second-order valence-electron chi connectivity index (χ2n) is 7.73. The highest BCUT2D eigenvalue weighted by Crippen LogP contribution is 2.15. The van der Waals surface area contributed by atoms with Gasteiger partial charge in [-0.1, -0.05) is 34.1 Å². The Morgan fingerprint density at radius 1 is 1.03 bits per heavy atom. The van der Waals surface area contributed by atoms with Crippen LogP contribution in [0.2, 0.25) is 0 Å². The normalized spacial score (nSPS) is 14.5. The molecule has 3 aromatic rings. The number of anilines is 1. The van der Waals surface area contributed by atoms with Gasteiger partial charge in [-0.15, -0.1) is 0 Å². The Balaban J connectivity index is 1.26. The second kappa shape index (κ2) is 10.1. The molecule has 1 N–H and O–H groups in total. The van der Waals surface area contributed by atoms with Crippen LogP contribution in [0.15, 0.2) is 64.1 Å². The number of nitrogens with zero attached hydrogens (tertiary/aromatic N) is 4. The Kier molecular flexibility index (Phi) is 6.96. The molecule has 0 saturated carbocycles. The summed E-state index contributed by atoms with van der Waals surface area (Å²) < 4.78 is 2.30. The van der Waals surface area contributed by atoms with E-state index < -0.39 is 0 Å². The smallest absolute Gasteiger partial charge is 0.261 e. The molecule has 2 amide bonds. The summed E-state index contributed by atoms with van der Waals surface area (Å²) in [5.41, 5.74) is 1.25. The van der Waals surface area contributed by atoms with Crippen LogP contribution in [-0.2, 0) is 16.1 Å². The lowest BCUT2D eigenvalue weighted by Crippen LogP contribution is -2.50. The summed E-state index contributed by atoms with van der Waals surface area (Å²) in [5.74, 6) is -0.0644. The zero-order chi connectivity index (χ0) is 22.5. The molecule has 0 atom stereocenters. The van der Waals surface area contributed by atoms with Crippen molar-refractivity contribution in [1.82, 2.24) is 19.4 Å². The molecule has 1 aromatic heterocycles. The third kappa shape index (κ3) is 5.41. The first-order valence-corrected chi connectivity index (χ1v) is 11.3. The third-order valence-electron chi connectivity index (χ3n) is 5.50. The van der Waals surface area contributed by atoms with E-state index in [0.717, 1.165) is 10.2 Å². The minimum absolute atomic E-state index is 0.000346. The second-order valence-corrected chi connectivity index (χ2v) is 8.64. The lowest BCUT2D eigenvalue weighted by atomic mass is 10.2. The Morgan fingerprint density at radius 2 is 1.78 bits per heavy atom. The molecule has 2 aromatic carbocycles. The number of fused-ring (bicyclic) bond motifs is 1. The molecule has 1 aliphatic rings. The van der Waals surface area contributed by atoms with Gasteiger partial charge in [0, 0.05) is 49.3 Å². The summed E-state index contributed by atoms with van der Waals surface area (Å²) in [7, 11) is 0. The molecule has 1 fully saturated rings. The average molecular weight is 498 g/mol. The number of nitrogens with one attached hydrogen (secondary N) is 1. The first-order valence-electron chi connectivity index (χ1n) is 10.5. The van der Waals surface area contributed by atoms with Gasteiger partial charge >= 0.3 is 0 Å². The van der Waals surface area contributed by atoms with Crippen molar-refractivity contribution < 1.29 is 9.59 Å². The van der Waals surface area contributed by atoms with Gasteiger partial charge in [0.15, 0.2) is 0 Å². The fraction of sp³-hybridized carbons (Fsp3) is 0.304. The van der Waals surface area contributed by atoms with E-state index in [1.165, 1.54) is 10.9 Å². The van der Waals surface area contributed by atoms with Crippen molar-refractivity contribution in [2.75, 3.05) is 38.0 Å². The van der Waals surface area contributed by atoms with E-state index >= 15 is 0 Å². The van der Waals surface area contributed by atoms with Crippen molar-refractivity contribution in [1.29, 1.82) is 0 Å². The van der Waals surface area contributed by atoms with Crippen molar-refractivity contribution in [3.05, 3.63) is 69.7 Å². The molecule has 2 heterocycles. The summed E-state index contributed by atoms with van der Waals surface area (Å²) in [6, 6.07) is 14.7. The zero-order valence-electron chi connectivity index (χ0n) is 17.5. The number of carbonyl (C=O) groups is 2. The predicted octanol–water partition coefficient (Wildman–Crippen LogP) is 2.33. The summed E-state index contributed by atoms with van der Waals surface area (Å²) in [4.78, 5) is 45.7. The molecule has 1 saturated heterocycles. The lowest BCUT2D eigenvalue weighted by molar-refractivity contribution is -0.133. The molecule has 0 bridgehead atoms. The van der Waals surface area contributed by atoms with Crippen LogP contribution in [0.1, 0.15) is 6.42 Å². The SMILES string of the molecule is O=C(CN1CCN(C(=O)CCn2cnc3ccc(Br)cc3c2=O)CC1)Nc1ccccc1. The van der Waals surface area contributed by atoms with Crippen LogP contribution in [0.3, 0.4) is 0 Å². The van der Waals surface area contributed by atoms with E-state index in [1.54, 1.807) is 17.0 Å². The predicted molar refractivity (Wildman–Crippen MR) is 126 cm³/mol. The maximum absolute atomic E-state index is 12.7. The van der Waals surface area contributed by atoms with Gasteiger partial charge in [-0.2, -0.15) is 0 Å². The molecule has 32 heavy (non-hydrogen) atoms. The number of hydrogen-bond acceptors (Lipinski definition) is 5. The summed E-state index contributed by atoms with van der Waals surface area (Å²) in [5, 5.41) is 3.41. The maximum Gasteiger partial charge on any atom is 0.261 e. The van der Waals surface area contributed by atoms with Gasteiger partial charge in [0.25, 0.3) is 5.56 Å². The first-order chi connectivity index (χ1) is 15.5. The Labute approximate surface area is 194 Å². The molecule has 0 radical (unpaired) electrons. The number of carbonyl (C=O) groups excluding carboxylic acids is 2. The van der Waals surface area contributed by atoms with Crippen LogP contribution < -0.4 is 10.9 Å². The number of amides is 2. The first kappa shape index (κ1) is 22.2. The molecule has 0 aliphatic carbocycles. The number of halogens is 1. The topological polar surface area (TPSA) is 87.5 Å². The van der Waals surface area contributed by atoms with E-state index in [0.29, 0.717) is 43.6 Å². The van der Waals surface area contributed by atoms with Gasteiger partial charge < -0.3 is 10.2 Å². The number of piperazine rings is 1. The molecule has 1 aliphatic heterocycles. The van der Waals surface area contributed by atoms with E-state index in [9.17, 15) is 14.4 Å². The summed E-state index contributed by atoms with van der Waals surface area (Å²) in [6.45, 7) is 2.99. The van der Waals surface area contributed by atoms with E-state index in [4.69, 9.17) is 0 Å². The average Bonchev–Trinajstić information content (AvgIpc) is 2.80. The maximum atomic E-state index is 12.7. The van der Waals surface area contributed by atoms with E-state index in [1.807, 2.05) is 41.3 Å². The molecular weight excluding hydrogens is 474 g/mol. The van der Waals surface area contributed by atoms with Crippen LogP contribution in [0.25, 0.3) is 10.9 Å². The zero-order valence-corrected chi connectivity index (χ0v) is 19.1. The van der Waals surface area contributed by atoms with Crippen LogP contribution >= 0.6 is 15.9 Å². The van der Waals surface area contributed by atoms with Gasteiger partial charge in [0.05, 0.1) is 23.8 Å². The molecule has 9 heteroatoms. The van der Waals surface area contributed by atoms with Gasteiger partial charge in [-0.05, 0) is 30.3 Å². The number of rotatable bonds is 6. The number of aryl methyl sites for hydroxylation is 1. The van der Waals surface area contributed by atoms with E-state index in [-0.39, 0.29) is 30.3 Å². The monoisotopic (exact) mass is 497 g/mol. The Morgan fingerprint density at radius 3 is 2.53 bits per heavy atom. The number of benzene rings is 2. The summed E-state index contributed by atoms with van der Waals surface area (Å²) in [6.07, 6.45) is 1.73. The van der Waals surface area contributed by atoms with Crippen LogP contribution in [0.4, 0.5) is 5.69 Å². The number of aromatic nitrogens is 2. The highest BCUT2D eigenvalue weighted by molar-refractivity contribution is 9.10. The lowest BCUT2D eigenvalue weighted by Gasteiger charge is -2.34. The van der Waals surface area contributed by atoms with Crippen molar-refractivity contribution in [2.24, 2.45) is 0 Å². The van der Waals surface area contributed by atoms with Gasteiger partial charge in [-0.25, -0.2) is 4.98 Å². The minimum Gasteiger partial charge on any atom is -0.340 e. The Bertz CT molecular complexity index is 1170. The molecule has 8 nitrogen and oxygen atoms in total. The standard InChI is InChI=1S/C23H24BrN5O3/c24-17-6-7-20-19(14-17)23(32)29(16-25-20)9-8-22(31)28-12-10-27(11-13-28)15-21(30)26-18-4-2-1-3-5-18/h1-7,14,16H,8-13,15H2,(H,26,30). The molecular formula is C23H24BrN5O3.